The maximum absolute atomic E-state index is 12.0. The van der Waals surface area contributed by atoms with E-state index >= 15 is 0 Å². The average Bonchev–Trinajstić information content (AvgIpc) is 3.16. The van der Waals surface area contributed by atoms with E-state index in [-0.39, 0.29) is 17.3 Å². The molecule has 9 nitrogen and oxygen atoms in total. The summed E-state index contributed by atoms with van der Waals surface area (Å²) in [6.45, 7) is 2.67. The van der Waals surface area contributed by atoms with E-state index in [1.807, 2.05) is 41.8 Å². The summed E-state index contributed by atoms with van der Waals surface area (Å²) in [5, 5.41) is 23.6. The molecule has 1 amide bonds. The number of hydrogen-bond acceptors (Lipinski definition) is 7. The quantitative estimate of drug-likeness (QED) is 0.264. The predicted octanol–water partition coefficient (Wildman–Crippen LogP) is 3.12. The summed E-state index contributed by atoms with van der Waals surface area (Å²) in [7, 11) is 0. The molecule has 0 saturated heterocycles. The highest BCUT2D eigenvalue weighted by Crippen LogP contribution is 2.23. The molecule has 0 bridgehead atoms. The van der Waals surface area contributed by atoms with Crippen molar-refractivity contribution in [3.05, 3.63) is 70.3 Å². The van der Waals surface area contributed by atoms with Crippen LogP contribution in [0.3, 0.4) is 0 Å². The first kappa shape index (κ1) is 20.2. The molecule has 0 saturated carbocycles. The minimum Gasteiger partial charge on any atom is -0.302 e. The van der Waals surface area contributed by atoms with Crippen LogP contribution in [0.1, 0.15) is 12.5 Å². The van der Waals surface area contributed by atoms with Crippen molar-refractivity contribution in [2.45, 2.75) is 18.6 Å². The van der Waals surface area contributed by atoms with Gasteiger partial charge in [-0.05, 0) is 24.6 Å². The lowest BCUT2D eigenvalue weighted by Crippen LogP contribution is -2.20. The highest BCUT2D eigenvalue weighted by atomic mass is 32.2. The Morgan fingerprint density at radius 1 is 1.21 bits per heavy atom. The van der Waals surface area contributed by atoms with Crippen molar-refractivity contribution in [3.8, 4) is 11.4 Å². The number of nitrogens with one attached hydrogen (secondary N) is 1. The van der Waals surface area contributed by atoms with Gasteiger partial charge in [0, 0.05) is 24.2 Å². The van der Waals surface area contributed by atoms with Crippen LogP contribution in [0.25, 0.3) is 11.4 Å². The van der Waals surface area contributed by atoms with Gasteiger partial charge >= 0.3 is 0 Å². The number of thioether (sulfide) groups is 1. The van der Waals surface area contributed by atoms with Crippen LogP contribution in [0.5, 0.6) is 0 Å². The van der Waals surface area contributed by atoms with E-state index < -0.39 is 4.92 Å². The van der Waals surface area contributed by atoms with Crippen LogP contribution >= 0.6 is 11.8 Å². The second-order valence-electron chi connectivity index (χ2n) is 5.85. The fourth-order valence-corrected chi connectivity index (χ4v) is 3.30. The summed E-state index contributed by atoms with van der Waals surface area (Å²) >= 11 is 1.28. The number of rotatable bonds is 8. The zero-order valence-corrected chi connectivity index (χ0v) is 16.4. The fourth-order valence-electron chi connectivity index (χ4n) is 2.50. The molecular formula is C19H18N6O3S. The third-order valence-electron chi connectivity index (χ3n) is 3.90. The molecule has 3 rings (SSSR count). The Bertz CT molecular complexity index is 1020. The van der Waals surface area contributed by atoms with Crippen LogP contribution in [0.4, 0.5) is 5.69 Å². The maximum atomic E-state index is 12.0. The molecule has 2 aromatic carbocycles. The zero-order chi connectivity index (χ0) is 20.6. The Morgan fingerprint density at radius 3 is 2.59 bits per heavy atom. The van der Waals surface area contributed by atoms with Crippen LogP contribution < -0.4 is 5.43 Å². The highest BCUT2D eigenvalue weighted by molar-refractivity contribution is 7.99. The smallest absolute Gasteiger partial charge is 0.269 e. The third kappa shape index (κ3) is 5.26. The number of aromatic nitrogens is 3. The van der Waals surface area contributed by atoms with Crippen LogP contribution in [-0.2, 0) is 11.3 Å². The number of nitro groups is 1. The van der Waals surface area contributed by atoms with Gasteiger partial charge in [-0.1, -0.05) is 42.1 Å². The lowest BCUT2D eigenvalue weighted by Gasteiger charge is -2.06. The number of hydrazone groups is 1. The van der Waals surface area contributed by atoms with E-state index in [9.17, 15) is 14.9 Å². The number of hydrogen-bond donors (Lipinski definition) is 1. The molecule has 0 atom stereocenters. The maximum Gasteiger partial charge on any atom is 0.269 e. The number of carbonyl (C=O) groups is 1. The van der Waals surface area contributed by atoms with E-state index in [4.69, 9.17) is 0 Å². The Labute approximate surface area is 171 Å². The Morgan fingerprint density at radius 2 is 1.93 bits per heavy atom. The lowest BCUT2D eigenvalue weighted by atomic mass is 10.2. The first-order chi connectivity index (χ1) is 14.1. The Balaban J connectivity index is 1.55. The normalized spacial score (nSPS) is 10.9. The predicted molar refractivity (Wildman–Crippen MR) is 111 cm³/mol. The molecule has 0 aliphatic heterocycles. The largest absolute Gasteiger partial charge is 0.302 e. The summed E-state index contributed by atoms with van der Waals surface area (Å²) in [5.74, 6) is 0.595. The van der Waals surface area contributed by atoms with Crippen LogP contribution in [0.15, 0.2) is 64.9 Å². The van der Waals surface area contributed by atoms with Gasteiger partial charge in [-0.2, -0.15) is 5.10 Å². The van der Waals surface area contributed by atoms with Gasteiger partial charge in [-0.15, -0.1) is 10.2 Å². The van der Waals surface area contributed by atoms with Gasteiger partial charge < -0.3 is 4.57 Å². The molecule has 0 fully saturated rings. The van der Waals surface area contributed by atoms with Crippen molar-refractivity contribution in [3.63, 3.8) is 0 Å². The number of carbonyl (C=O) groups excluding carboxylic acids is 1. The van der Waals surface area contributed by atoms with Gasteiger partial charge in [-0.3, -0.25) is 14.9 Å². The standard InChI is InChI=1S/C19H18N6O3S/c1-2-24-18(15-6-4-3-5-7-15)22-23-19(24)29-13-17(26)21-20-12-14-8-10-16(11-9-14)25(27)28/h3-12H,2,13H2,1H3,(H,21,26)/b20-12+. The summed E-state index contributed by atoms with van der Waals surface area (Å²) in [6, 6.07) is 15.6. The van der Waals surface area contributed by atoms with Crippen LogP contribution in [-0.4, -0.2) is 37.6 Å². The van der Waals surface area contributed by atoms with Gasteiger partial charge in [0.1, 0.15) is 0 Å². The molecular weight excluding hydrogens is 392 g/mol. The summed E-state index contributed by atoms with van der Waals surface area (Å²) in [5.41, 5.74) is 4.04. The van der Waals surface area contributed by atoms with Crippen molar-refractivity contribution in [2.24, 2.45) is 5.10 Å². The fraction of sp³-hybridized carbons (Fsp3) is 0.158. The van der Waals surface area contributed by atoms with E-state index in [2.05, 4.69) is 20.7 Å². The van der Waals surface area contributed by atoms with Crippen LogP contribution in [0, 0.1) is 10.1 Å². The minimum absolute atomic E-state index is 0.00232. The van der Waals surface area contributed by atoms with Crippen molar-refractivity contribution in [1.82, 2.24) is 20.2 Å². The molecule has 1 N–H and O–H groups in total. The SMILES string of the molecule is CCn1c(SCC(=O)N/N=C/c2ccc([N+](=O)[O-])cc2)nnc1-c1ccccc1. The zero-order valence-electron chi connectivity index (χ0n) is 15.6. The number of amides is 1. The van der Waals surface area contributed by atoms with Crippen molar-refractivity contribution in [2.75, 3.05) is 5.75 Å². The molecule has 148 valence electrons. The third-order valence-corrected chi connectivity index (χ3v) is 4.87. The van der Waals surface area contributed by atoms with Gasteiger partial charge in [0.2, 0.25) is 0 Å². The summed E-state index contributed by atoms with van der Waals surface area (Å²) < 4.78 is 1.95. The molecule has 0 unspecified atom stereocenters. The van der Waals surface area contributed by atoms with Gasteiger partial charge in [-0.25, -0.2) is 5.43 Å². The first-order valence-corrected chi connectivity index (χ1v) is 9.75. The average molecular weight is 410 g/mol. The lowest BCUT2D eigenvalue weighted by molar-refractivity contribution is -0.384. The van der Waals surface area contributed by atoms with Gasteiger partial charge in [0.25, 0.3) is 11.6 Å². The molecule has 0 spiro atoms. The van der Waals surface area contributed by atoms with Crippen molar-refractivity contribution in [1.29, 1.82) is 0 Å². The number of non-ortho nitro benzene ring substituents is 1. The molecule has 3 aromatic rings. The molecule has 0 aliphatic carbocycles. The van der Waals surface area contributed by atoms with E-state index in [1.54, 1.807) is 12.1 Å². The topological polar surface area (TPSA) is 115 Å². The minimum atomic E-state index is -0.474. The number of nitrogens with zero attached hydrogens (tertiary/aromatic N) is 5. The Kier molecular flexibility index (Phi) is 6.69. The van der Waals surface area contributed by atoms with E-state index in [0.717, 1.165) is 11.4 Å². The number of benzene rings is 2. The molecule has 0 radical (unpaired) electrons. The molecule has 1 heterocycles. The van der Waals surface area contributed by atoms with Crippen molar-refractivity contribution < 1.29 is 9.72 Å². The van der Waals surface area contributed by atoms with Crippen LogP contribution in [0.2, 0.25) is 0 Å². The molecule has 29 heavy (non-hydrogen) atoms. The molecule has 1 aromatic heterocycles. The second kappa shape index (κ2) is 9.60. The monoisotopic (exact) mass is 410 g/mol. The van der Waals surface area contributed by atoms with Gasteiger partial charge in [0.05, 0.1) is 16.9 Å². The van der Waals surface area contributed by atoms with Crippen molar-refractivity contribution >= 4 is 29.6 Å². The first-order valence-electron chi connectivity index (χ1n) is 8.76. The molecule has 0 aliphatic rings. The summed E-state index contributed by atoms with van der Waals surface area (Å²) in [4.78, 5) is 22.2. The number of nitro benzene ring substituents is 1. The van der Waals surface area contributed by atoms with Gasteiger partial charge in [0.15, 0.2) is 11.0 Å². The molecule has 10 heteroatoms. The van der Waals surface area contributed by atoms with E-state index in [1.165, 1.54) is 30.1 Å². The van der Waals surface area contributed by atoms with E-state index in [0.29, 0.717) is 17.3 Å². The highest BCUT2D eigenvalue weighted by Gasteiger charge is 2.14. The summed E-state index contributed by atoms with van der Waals surface area (Å²) in [6.07, 6.45) is 1.42. The Hall–Kier alpha value is -3.53. The second-order valence-corrected chi connectivity index (χ2v) is 6.79.